The number of carbonyl (C=O) groups is 2. The quantitative estimate of drug-likeness (QED) is 0.659. The molecule has 1 aromatic carbocycles. The highest BCUT2D eigenvalue weighted by Crippen LogP contribution is 2.42. The van der Waals surface area contributed by atoms with Crippen LogP contribution in [0.2, 0.25) is 0 Å². The van der Waals surface area contributed by atoms with Crippen LogP contribution < -0.4 is 0 Å². The molecule has 3 rings (SSSR count). The van der Waals surface area contributed by atoms with Gasteiger partial charge in [0.15, 0.2) is 21.2 Å². The van der Waals surface area contributed by atoms with Gasteiger partial charge in [-0.15, -0.1) is 0 Å². The van der Waals surface area contributed by atoms with Gasteiger partial charge in [0.25, 0.3) is 5.91 Å². The van der Waals surface area contributed by atoms with Crippen LogP contribution in [0.4, 0.5) is 0 Å². The number of aryl methyl sites for hydroxylation is 2. The summed E-state index contributed by atoms with van der Waals surface area (Å²) in [4.78, 5) is 27.9. The van der Waals surface area contributed by atoms with Crippen molar-refractivity contribution in [2.24, 2.45) is 0 Å². The Labute approximate surface area is 179 Å². The zero-order valence-electron chi connectivity index (χ0n) is 18.4. The van der Waals surface area contributed by atoms with Gasteiger partial charge in [0.2, 0.25) is 0 Å². The van der Waals surface area contributed by atoms with E-state index < -0.39 is 27.2 Å². The number of nitrogens with zero attached hydrogens (tertiary/aromatic N) is 1. The molecule has 6 nitrogen and oxygen atoms in total. The van der Waals surface area contributed by atoms with Crippen molar-refractivity contribution in [1.29, 1.82) is 0 Å². The SMILES string of the molecule is Cc1ccc(C)c(S(=O)(=O)C2(C(=O)OCC(=O)N3C(C)CCCC3C)CCCC2)c1. The molecule has 0 spiro atoms. The van der Waals surface area contributed by atoms with Gasteiger partial charge in [-0.25, -0.2) is 8.42 Å². The second-order valence-electron chi connectivity index (χ2n) is 8.98. The van der Waals surface area contributed by atoms with Gasteiger partial charge in [0, 0.05) is 12.1 Å². The van der Waals surface area contributed by atoms with Gasteiger partial charge in [-0.3, -0.25) is 9.59 Å². The molecule has 1 saturated heterocycles. The summed E-state index contributed by atoms with van der Waals surface area (Å²) in [5.74, 6) is -1.04. The zero-order chi connectivity index (χ0) is 22.1. The lowest BCUT2D eigenvalue weighted by Crippen LogP contribution is -2.50. The third-order valence-electron chi connectivity index (χ3n) is 6.74. The molecule has 2 fully saturated rings. The Morgan fingerprint density at radius 1 is 1.07 bits per heavy atom. The molecular weight excluding hydrogens is 402 g/mol. The largest absolute Gasteiger partial charge is 0.454 e. The number of piperidine rings is 1. The van der Waals surface area contributed by atoms with Crippen LogP contribution in [-0.4, -0.2) is 48.6 Å². The Morgan fingerprint density at radius 3 is 2.27 bits per heavy atom. The van der Waals surface area contributed by atoms with Crippen LogP contribution in [-0.2, 0) is 24.2 Å². The van der Waals surface area contributed by atoms with Gasteiger partial charge >= 0.3 is 5.97 Å². The van der Waals surface area contributed by atoms with Gasteiger partial charge in [0.05, 0.1) is 4.90 Å². The monoisotopic (exact) mass is 435 g/mol. The van der Waals surface area contributed by atoms with E-state index in [0.717, 1.165) is 24.8 Å². The normalized spacial score (nSPS) is 23.9. The minimum absolute atomic E-state index is 0.0964. The van der Waals surface area contributed by atoms with Crippen molar-refractivity contribution in [3.05, 3.63) is 29.3 Å². The van der Waals surface area contributed by atoms with E-state index in [1.54, 1.807) is 24.0 Å². The smallest absolute Gasteiger partial charge is 0.328 e. The first-order valence-corrected chi connectivity index (χ1v) is 12.4. The van der Waals surface area contributed by atoms with Crippen molar-refractivity contribution < 1.29 is 22.7 Å². The van der Waals surface area contributed by atoms with E-state index in [9.17, 15) is 18.0 Å². The van der Waals surface area contributed by atoms with Gasteiger partial charge in [-0.05, 0) is 77.0 Å². The van der Waals surface area contributed by atoms with E-state index in [1.165, 1.54) is 0 Å². The molecule has 1 aliphatic heterocycles. The Kier molecular flexibility index (Phi) is 6.60. The molecule has 0 radical (unpaired) electrons. The molecule has 166 valence electrons. The molecule has 2 unspecified atom stereocenters. The number of hydrogen-bond donors (Lipinski definition) is 0. The van der Waals surface area contributed by atoms with E-state index in [1.807, 2.05) is 26.8 Å². The molecule has 30 heavy (non-hydrogen) atoms. The molecule has 0 bridgehead atoms. The first-order chi connectivity index (χ1) is 14.1. The molecule has 0 N–H and O–H groups in total. The number of amides is 1. The molecule has 0 aromatic heterocycles. The Bertz CT molecular complexity index is 908. The number of rotatable bonds is 5. The predicted octanol–water partition coefficient (Wildman–Crippen LogP) is 3.72. The number of ether oxygens (including phenoxy) is 1. The average molecular weight is 436 g/mol. The second kappa shape index (κ2) is 8.69. The van der Waals surface area contributed by atoms with Crippen LogP contribution in [0.3, 0.4) is 0 Å². The number of benzene rings is 1. The van der Waals surface area contributed by atoms with Gasteiger partial charge < -0.3 is 9.64 Å². The summed E-state index contributed by atoms with van der Waals surface area (Å²) in [5, 5.41) is 0. The fourth-order valence-corrected chi connectivity index (χ4v) is 7.34. The molecule has 2 atom stereocenters. The second-order valence-corrected chi connectivity index (χ2v) is 11.2. The van der Waals surface area contributed by atoms with Crippen LogP contribution in [0.5, 0.6) is 0 Å². The highest BCUT2D eigenvalue weighted by atomic mass is 32.2. The fraction of sp³-hybridized carbons (Fsp3) is 0.652. The Morgan fingerprint density at radius 2 is 1.67 bits per heavy atom. The minimum atomic E-state index is -3.95. The van der Waals surface area contributed by atoms with Crippen LogP contribution in [0.25, 0.3) is 0 Å². The van der Waals surface area contributed by atoms with Crippen molar-refractivity contribution in [1.82, 2.24) is 4.90 Å². The van der Waals surface area contributed by atoms with E-state index in [-0.39, 0.29) is 35.7 Å². The lowest BCUT2D eigenvalue weighted by atomic mass is 9.97. The topological polar surface area (TPSA) is 80.7 Å². The van der Waals surface area contributed by atoms with Crippen LogP contribution in [0, 0.1) is 13.8 Å². The number of hydrogen-bond acceptors (Lipinski definition) is 5. The van der Waals surface area contributed by atoms with E-state index in [4.69, 9.17) is 4.74 Å². The summed E-state index contributed by atoms with van der Waals surface area (Å²) in [5.41, 5.74) is 1.44. The highest BCUT2D eigenvalue weighted by molar-refractivity contribution is 7.93. The predicted molar refractivity (Wildman–Crippen MR) is 115 cm³/mol. The minimum Gasteiger partial charge on any atom is -0.454 e. The lowest BCUT2D eigenvalue weighted by Gasteiger charge is -2.39. The molecule has 2 aliphatic rings. The summed E-state index contributed by atoms with van der Waals surface area (Å²) >= 11 is 0. The zero-order valence-corrected chi connectivity index (χ0v) is 19.3. The molecule has 1 amide bonds. The van der Waals surface area contributed by atoms with Crippen LogP contribution in [0.1, 0.15) is 69.9 Å². The fourth-order valence-electron chi connectivity index (χ4n) is 4.98. The van der Waals surface area contributed by atoms with Crippen molar-refractivity contribution in [2.45, 2.75) is 94.4 Å². The summed E-state index contributed by atoms with van der Waals surface area (Å²) in [6.07, 6.45) is 4.67. The summed E-state index contributed by atoms with van der Waals surface area (Å²) in [6.45, 7) is 7.16. The molecule has 1 saturated carbocycles. The van der Waals surface area contributed by atoms with Crippen LogP contribution >= 0.6 is 0 Å². The van der Waals surface area contributed by atoms with E-state index in [0.29, 0.717) is 18.4 Å². The number of carbonyl (C=O) groups excluding carboxylic acids is 2. The number of likely N-dealkylation sites (tertiary alicyclic amines) is 1. The standard InChI is InChI=1S/C23H33NO5S/c1-16-10-11-17(2)20(14-16)30(27,28)23(12-5-6-13-23)22(26)29-15-21(25)24-18(3)8-7-9-19(24)4/h10-11,14,18-19H,5-9,12-13,15H2,1-4H3. The Balaban J connectivity index is 1.83. The van der Waals surface area contributed by atoms with E-state index >= 15 is 0 Å². The number of esters is 1. The molecule has 1 aromatic rings. The van der Waals surface area contributed by atoms with Gasteiger partial charge in [0.1, 0.15) is 0 Å². The maximum Gasteiger partial charge on any atom is 0.328 e. The summed E-state index contributed by atoms with van der Waals surface area (Å²) < 4.78 is 31.1. The highest BCUT2D eigenvalue weighted by Gasteiger charge is 2.55. The maximum atomic E-state index is 13.6. The van der Waals surface area contributed by atoms with Crippen LogP contribution in [0.15, 0.2) is 23.1 Å². The average Bonchev–Trinajstić information content (AvgIpc) is 3.19. The summed E-state index contributed by atoms with van der Waals surface area (Å²) in [7, 11) is -3.95. The third kappa shape index (κ3) is 4.01. The summed E-state index contributed by atoms with van der Waals surface area (Å²) in [6, 6.07) is 5.44. The van der Waals surface area contributed by atoms with E-state index in [2.05, 4.69) is 0 Å². The van der Waals surface area contributed by atoms with Crippen molar-refractivity contribution in [2.75, 3.05) is 6.61 Å². The third-order valence-corrected chi connectivity index (χ3v) is 9.36. The lowest BCUT2D eigenvalue weighted by molar-refractivity contribution is -0.156. The number of sulfone groups is 1. The first kappa shape index (κ1) is 22.8. The molecular formula is C23H33NO5S. The van der Waals surface area contributed by atoms with Crippen molar-refractivity contribution >= 4 is 21.7 Å². The Hall–Kier alpha value is -1.89. The molecule has 1 heterocycles. The maximum absolute atomic E-state index is 13.6. The van der Waals surface area contributed by atoms with Gasteiger partial charge in [-0.2, -0.15) is 0 Å². The van der Waals surface area contributed by atoms with Crippen molar-refractivity contribution in [3.63, 3.8) is 0 Å². The van der Waals surface area contributed by atoms with Crippen molar-refractivity contribution in [3.8, 4) is 0 Å². The molecule has 7 heteroatoms. The van der Waals surface area contributed by atoms with Gasteiger partial charge in [-0.1, -0.05) is 25.0 Å². The first-order valence-electron chi connectivity index (χ1n) is 10.9. The molecule has 1 aliphatic carbocycles.